The first-order valence-corrected chi connectivity index (χ1v) is 10.3. The monoisotopic (exact) mass is 324 g/mol. The molecule has 0 radical (unpaired) electrons. The second kappa shape index (κ2) is 7.32. The van der Waals surface area contributed by atoms with Gasteiger partial charge in [0.1, 0.15) is 0 Å². The smallest absolute Gasteiger partial charge is 0.166 e. The second-order valence-electron chi connectivity index (χ2n) is 6.49. The van der Waals surface area contributed by atoms with Crippen molar-refractivity contribution in [2.24, 2.45) is 5.92 Å². The molecular weight excluding hydrogens is 299 g/mol. The summed E-state index contributed by atoms with van der Waals surface area (Å²) in [6, 6.07) is 19.9. The van der Waals surface area contributed by atoms with Crippen LogP contribution in [0.2, 0.25) is 0 Å². The van der Waals surface area contributed by atoms with E-state index in [-0.39, 0.29) is 0 Å². The largest absolute Gasteiger partial charge is 0.309 e. The minimum Gasteiger partial charge on any atom is -0.309 e. The average molecular weight is 324 g/mol. The van der Waals surface area contributed by atoms with E-state index < -0.39 is 7.14 Å². The molecule has 2 aromatic carbocycles. The van der Waals surface area contributed by atoms with Gasteiger partial charge in [-0.1, -0.05) is 86.0 Å². The van der Waals surface area contributed by atoms with Gasteiger partial charge in [0, 0.05) is 10.6 Å². The quantitative estimate of drug-likeness (QED) is 0.680. The van der Waals surface area contributed by atoms with Gasteiger partial charge in [0.15, 0.2) is 7.14 Å². The van der Waals surface area contributed by atoms with Crippen LogP contribution >= 0.6 is 7.14 Å². The van der Waals surface area contributed by atoms with Gasteiger partial charge in [0.2, 0.25) is 0 Å². The highest BCUT2D eigenvalue weighted by Gasteiger charge is 2.29. The fraction of sp³-hybridized carbons (Fsp3) is 0.333. The van der Waals surface area contributed by atoms with Crippen LogP contribution in [0, 0.1) is 5.92 Å². The summed E-state index contributed by atoms with van der Waals surface area (Å²) in [4.78, 5) is 0. The van der Waals surface area contributed by atoms with E-state index in [1.54, 1.807) is 0 Å². The molecular formula is C21H25OP. The predicted octanol–water partition coefficient (Wildman–Crippen LogP) is 5.48. The number of benzene rings is 2. The van der Waals surface area contributed by atoms with Crippen LogP contribution in [0.5, 0.6) is 0 Å². The highest BCUT2D eigenvalue weighted by atomic mass is 31.2. The molecule has 0 unspecified atom stereocenters. The van der Waals surface area contributed by atoms with Crippen LogP contribution in [0.15, 0.2) is 72.1 Å². The fourth-order valence-corrected chi connectivity index (χ4v) is 6.30. The molecule has 120 valence electrons. The van der Waals surface area contributed by atoms with Crippen LogP contribution in [-0.2, 0) is 4.57 Å². The van der Waals surface area contributed by atoms with Gasteiger partial charge in [-0.05, 0) is 31.0 Å². The molecule has 0 heterocycles. The second-order valence-corrected chi connectivity index (χ2v) is 9.44. The summed E-state index contributed by atoms with van der Waals surface area (Å²) < 4.78 is 14.1. The standard InChI is InChI=1S/C21H25OP/c1-18(17-19-11-5-2-6-12-19)23(22,20-13-7-3-8-14-20)21-15-9-4-10-16-21/h3-4,7-10,13-17,19H,2,5-6,11-12H2,1H3/b18-17-. The molecule has 1 saturated carbocycles. The van der Waals surface area contributed by atoms with Crippen LogP contribution in [0.25, 0.3) is 0 Å². The zero-order valence-corrected chi connectivity index (χ0v) is 14.7. The molecule has 1 fully saturated rings. The third kappa shape index (κ3) is 3.51. The molecule has 1 nitrogen and oxygen atoms in total. The Kier molecular flexibility index (Phi) is 5.18. The van der Waals surface area contributed by atoms with Crippen molar-refractivity contribution in [2.75, 3.05) is 0 Å². The maximum absolute atomic E-state index is 14.1. The molecule has 0 amide bonds. The summed E-state index contributed by atoms with van der Waals surface area (Å²) in [5.74, 6) is 0.587. The van der Waals surface area contributed by atoms with E-state index in [2.05, 4.69) is 13.0 Å². The molecule has 23 heavy (non-hydrogen) atoms. The van der Waals surface area contributed by atoms with E-state index in [1.807, 2.05) is 60.7 Å². The zero-order valence-electron chi connectivity index (χ0n) is 13.8. The molecule has 0 spiro atoms. The van der Waals surface area contributed by atoms with Gasteiger partial charge >= 0.3 is 0 Å². The van der Waals surface area contributed by atoms with Crippen molar-refractivity contribution in [3.8, 4) is 0 Å². The van der Waals surface area contributed by atoms with Gasteiger partial charge in [-0.3, -0.25) is 0 Å². The predicted molar refractivity (Wildman–Crippen MR) is 100 cm³/mol. The van der Waals surface area contributed by atoms with Gasteiger partial charge < -0.3 is 4.57 Å². The van der Waals surface area contributed by atoms with Crippen molar-refractivity contribution in [3.63, 3.8) is 0 Å². The van der Waals surface area contributed by atoms with E-state index in [4.69, 9.17) is 0 Å². The van der Waals surface area contributed by atoms with Crippen molar-refractivity contribution >= 4 is 17.8 Å². The summed E-state index contributed by atoms with van der Waals surface area (Å²) in [6.07, 6.45) is 8.73. The normalized spacial score (nSPS) is 17.2. The van der Waals surface area contributed by atoms with E-state index in [9.17, 15) is 4.57 Å². The number of allylic oxidation sites excluding steroid dienone is 2. The lowest BCUT2D eigenvalue weighted by molar-refractivity contribution is 0.418. The lowest BCUT2D eigenvalue weighted by atomic mass is 9.89. The summed E-state index contributed by atoms with van der Waals surface area (Å²) >= 11 is 0. The number of rotatable bonds is 4. The van der Waals surface area contributed by atoms with Crippen molar-refractivity contribution in [2.45, 2.75) is 39.0 Å². The first-order chi connectivity index (χ1) is 11.2. The number of hydrogen-bond donors (Lipinski definition) is 0. The maximum Gasteiger partial charge on any atom is 0.166 e. The summed E-state index contributed by atoms with van der Waals surface area (Å²) in [5.41, 5.74) is 0. The van der Waals surface area contributed by atoms with Crippen molar-refractivity contribution in [1.29, 1.82) is 0 Å². The van der Waals surface area contributed by atoms with Gasteiger partial charge in [-0.2, -0.15) is 0 Å². The molecule has 0 atom stereocenters. The van der Waals surface area contributed by atoms with E-state index in [0.29, 0.717) is 5.92 Å². The Morgan fingerprint density at radius 2 is 1.35 bits per heavy atom. The average Bonchev–Trinajstić information content (AvgIpc) is 2.63. The van der Waals surface area contributed by atoms with E-state index in [1.165, 1.54) is 32.1 Å². The van der Waals surface area contributed by atoms with Gasteiger partial charge in [0.25, 0.3) is 0 Å². The van der Waals surface area contributed by atoms with Crippen LogP contribution in [0.1, 0.15) is 39.0 Å². The molecule has 0 aromatic heterocycles. The first-order valence-electron chi connectivity index (χ1n) is 8.61. The van der Waals surface area contributed by atoms with Crippen LogP contribution in [0.3, 0.4) is 0 Å². The lowest BCUT2D eigenvalue weighted by Crippen LogP contribution is -2.17. The molecule has 1 aliphatic rings. The molecule has 0 saturated heterocycles. The SMILES string of the molecule is C/C(=C/C1CCCCC1)P(=O)(c1ccccc1)c1ccccc1. The molecule has 2 heteroatoms. The Labute approximate surface area is 139 Å². The first kappa shape index (κ1) is 16.3. The van der Waals surface area contributed by atoms with Crippen LogP contribution < -0.4 is 10.6 Å². The highest BCUT2D eigenvalue weighted by molar-refractivity contribution is 7.82. The highest BCUT2D eigenvalue weighted by Crippen LogP contribution is 2.52. The van der Waals surface area contributed by atoms with E-state index >= 15 is 0 Å². The molecule has 1 aliphatic carbocycles. The van der Waals surface area contributed by atoms with E-state index in [0.717, 1.165) is 15.9 Å². The summed E-state index contributed by atoms with van der Waals surface area (Å²) in [5, 5.41) is 2.92. The Balaban J connectivity index is 2.05. The summed E-state index contributed by atoms with van der Waals surface area (Å²) in [7, 11) is -2.72. The number of hydrogen-bond acceptors (Lipinski definition) is 1. The third-order valence-electron chi connectivity index (χ3n) is 4.86. The zero-order chi connectivity index (χ0) is 16.1. The van der Waals surface area contributed by atoms with Crippen LogP contribution in [0.4, 0.5) is 0 Å². The van der Waals surface area contributed by atoms with Gasteiger partial charge in [0.05, 0.1) is 0 Å². The summed E-state index contributed by atoms with van der Waals surface area (Å²) in [6.45, 7) is 2.06. The minimum absolute atomic E-state index is 0.587. The van der Waals surface area contributed by atoms with Crippen molar-refractivity contribution in [3.05, 3.63) is 72.1 Å². The Morgan fingerprint density at radius 1 is 0.870 bits per heavy atom. The Morgan fingerprint density at radius 3 is 1.83 bits per heavy atom. The van der Waals surface area contributed by atoms with Crippen molar-refractivity contribution < 1.29 is 4.57 Å². The fourth-order valence-electron chi connectivity index (χ4n) is 3.58. The Hall–Kier alpha value is -1.59. The molecule has 3 rings (SSSR count). The third-order valence-corrected chi connectivity index (χ3v) is 8.06. The van der Waals surface area contributed by atoms with Crippen LogP contribution in [-0.4, -0.2) is 0 Å². The van der Waals surface area contributed by atoms with Gasteiger partial charge in [-0.25, -0.2) is 0 Å². The molecule has 0 bridgehead atoms. The van der Waals surface area contributed by atoms with Gasteiger partial charge in [-0.15, -0.1) is 0 Å². The lowest BCUT2D eigenvalue weighted by Gasteiger charge is -2.24. The molecule has 2 aromatic rings. The minimum atomic E-state index is -2.72. The molecule has 0 N–H and O–H groups in total. The maximum atomic E-state index is 14.1. The Bertz CT molecular complexity index is 654. The van der Waals surface area contributed by atoms with Crippen molar-refractivity contribution in [1.82, 2.24) is 0 Å². The topological polar surface area (TPSA) is 17.1 Å². The molecule has 0 aliphatic heterocycles.